The summed E-state index contributed by atoms with van der Waals surface area (Å²) in [6, 6.07) is 28.0. The van der Waals surface area contributed by atoms with Gasteiger partial charge in [-0.3, -0.25) is 9.59 Å². The first-order valence-electron chi connectivity index (χ1n) is 11.4. The van der Waals surface area contributed by atoms with Crippen LogP contribution in [-0.2, 0) is 29.1 Å². The molecule has 1 atom stereocenters. The molecule has 0 radical (unpaired) electrons. The fourth-order valence-electron chi connectivity index (χ4n) is 4.32. The van der Waals surface area contributed by atoms with Crippen LogP contribution in [0, 0.1) is 5.92 Å². The van der Waals surface area contributed by atoms with E-state index in [2.05, 4.69) is 12.1 Å². The van der Waals surface area contributed by atoms with Crippen LogP contribution in [0.5, 0.6) is 5.75 Å². The number of nitrogens with zero attached hydrogens (tertiary/aromatic N) is 2. The van der Waals surface area contributed by atoms with Gasteiger partial charge in [-0.1, -0.05) is 72.8 Å². The first kappa shape index (κ1) is 22.6. The topological polar surface area (TPSA) is 49.9 Å². The third-order valence-corrected chi connectivity index (χ3v) is 6.11. The summed E-state index contributed by atoms with van der Waals surface area (Å²) >= 11 is 0. The van der Waals surface area contributed by atoms with E-state index in [1.807, 2.05) is 77.7 Å². The summed E-state index contributed by atoms with van der Waals surface area (Å²) in [5.41, 5.74) is 3.29. The Morgan fingerprint density at radius 1 is 0.939 bits per heavy atom. The standard InChI is InChI=1S/C28H30N2O3/c1-33-26-14-8-13-24(17-26)20-30-21-25(18-27(30)31)28(32)29(19-23-11-6-3-7-12-23)16-15-22-9-4-2-5-10-22/h2-14,17,25H,15-16,18-21H2,1H3. The summed E-state index contributed by atoms with van der Waals surface area (Å²) < 4.78 is 5.29. The fourth-order valence-corrected chi connectivity index (χ4v) is 4.32. The van der Waals surface area contributed by atoms with E-state index in [1.54, 1.807) is 12.0 Å². The molecule has 0 saturated carbocycles. The molecule has 0 bridgehead atoms. The van der Waals surface area contributed by atoms with Crippen molar-refractivity contribution in [1.82, 2.24) is 9.80 Å². The van der Waals surface area contributed by atoms with Crippen molar-refractivity contribution in [2.75, 3.05) is 20.2 Å². The first-order chi connectivity index (χ1) is 16.1. The number of benzene rings is 3. The normalized spacial score (nSPS) is 15.5. The van der Waals surface area contributed by atoms with Gasteiger partial charge in [0.2, 0.25) is 11.8 Å². The SMILES string of the molecule is COc1cccc(CN2CC(C(=O)N(CCc3ccccc3)Cc3ccccc3)CC2=O)c1. The number of carbonyl (C=O) groups excluding carboxylic acids is 2. The summed E-state index contributed by atoms with van der Waals surface area (Å²) in [5.74, 6) is 0.527. The van der Waals surface area contributed by atoms with Crippen LogP contribution in [0.3, 0.4) is 0 Å². The van der Waals surface area contributed by atoms with Crippen LogP contribution < -0.4 is 4.74 Å². The molecule has 3 aromatic rings. The molecule has 5 nitrogen and oxygen atoms in total. The molecular formula is C28H30N2O3. The summed E-state index contributed by atoms with van der Waals surface area (Å²) in [5, 5.41) is 0. The molecule has 4 rings (SSSR count). The van der Waals surface area contributed by atoms with Gasteiger partial charge in [0.1, 0.15) is 5.75 Å². The van der Waals surface area contributed by atoms with Crippen molar-refractivity contribution in [1.29, 1.82) is 0 Å². The molecule has 1 heterocycles. The van der Waals surface area contributed by atoms with Gasteiger partial charge in [-0.05, 0) is 35.2 Å². The number of ether oxygens (including phenoxy) is 1. The predicted molar refractivity (Wildman–Crippen MR) is 129 cm³/mol. The maximum atomic E-state index is 13.5. The zero-order valence-corrected chi connectivity index (χ0v) is 19.0. The molecule has 0 aliphatic carbocycles. The molecule has 1 aliphatic heterocycles. The highest BCUT2D eigenvalue weighted by atomic mass is 16.5. The van der Waals surface area contributed by atoms with Gasteiger partial charge in [0.25, 0.3) is 0 Å². The van der Waals surface area contributed by atoms with Crippen molar-refractivity contribution < 1.29 is 14.3 Å². The molecule has 5 heteroatoms. The molecule has 2 amide bonds. The summed E-state index contributed by atoms with van der Waals surface area (Å²) in [7, 11) is 1.63. The average molecular weight is 443 g/mol. The lowest BCUT2D eigenvalue weighted by Gasteiger charge is -2.26. The first-order valence-corrected chi connectivity index (χ1v) is 11.4. The smallest absolute Gasteiger partial charge is 0.228 e. The van der Waals surface area contributed by atoms with Gasteiger partial charge >= 0.3 is 0 Å². The molecule has 1 aliphatic rings. The van der Waals surface area contributed by atoms with Crippen molar-refractivity contribution in [3.05, 3.63) is 102 Å². The number of methoxy groups -OCH3 is 1. The maximum Gasteiger partial charge on any atom is 0.228 e. The highest BCUT2D eigenvalue weighted by molar-refractivity contribution is 5.89. The third kappa shape index (κ3) is 6.01. The fraction of sp³-hybridized carbons (Fsp3) is 0.286. The van der Waals surface area contributed by atoms with Crippen molar-refractivity contribution >= 4 is 11.8 Å². The third-order valence-electron chi connectivity index (χ3n) is 6.11. The van der Waals surface area contributed by atoms with E-state index in [0.29, 0.717) is 26.2 Å². The Labute approximate surface area is 195 Å². The summed E-state index contributed by atoms with van der Waals surface area (Å²) in [4.78, 5) is 30.0. The van der Waals surface area contributed by atoms with Gasteiger partial charge < -0.3 is 14.5 Å². The van der Waals surface area contributed by atoms with Crippen LogP contribution in [0.4, 0.5) is 0 Å². The number of likely N-dealkylation sites (tertiary alicyclic amines) is 1. The molecule has 170 valence electrons. The minimum absolute atomic E-state index is 0.0268. The van der Waals surface area contributed by atoms with Gasteiger partial charge in [0.05, 0.1) is 13.0 Å². The Bertz CT molecular complexity index is 1070. The molecule has 1 saturated heterocycles. The van der Waals surface area contributed by atoms with Crippen molar-refractivity contribution in [3.63, 3.8) is 0 Å². The lowest BCUT2D eigenvalue weighted by molar-refractivity contribution is -0.136. The lowest BCUT2D eigenvalue weighted by atomic mass is 10.1. The quantitative estimate of drug-likeness (QED) is 0.496. The number of rotatable bonds is 9. The van der Waals surface area contributed by atoms with Gasteiger partial charge in [-0.15, -0.1) is 0 Å². The van der Waals surface area contributed by atoms with Gasteiger partial charge in [-0.25, -0.2) is 0 Å². The minimum atomic E-state index is -0.317. The van der Waals surface area contributed by atoms with Crippen LogP contribution in [0.2, 0.25) is 0 Å². The second-order valence-corrected chi connectivity index (χ2v) is 8.51. The Balaban J connectivity index is 1.44. The zero-order valence-electron chi connectivity index (χ0n) is 19.0. The highest BCUT2D eigenvalue weighted by Gasteiger charge is 2.36. The Morgan fingerprint density at radius 2 is 1.61 bits per heavy atom. The van der Waals surface area contributed by atoms with E-state index in [1.165, 1.54) is 5.56 Å². The highest BCUT2D eigenvalue weighted by Crippen LogP contribution is 2.24. The number of hydrogen-bond acceptors (Lipinski definition) is 3. The molecule has 33 heavy (non-hydrogen) atoms. The molecular weight excluding hydrogens is 412 g/mol. The minimum Gasteiger partial charge on any atom is -0.497 e. The van der Waals surface area contributed by atoms with Crippen LogP contribution in [0.1, 0.15) is 23.1 Å². The number of carbonyl (C=O) groups is 2. The molecule has 1 unspecified atom stereocenters. The van der Waals surface area contributed by atoms with Crippen LogP contribution in [0.15, 0.2) is 84.9 Å². The Kier molecular flexibility index (Phi) is 7.40. The van der Waals surface area contributed by atoms with E-state index in [0.717, 1.165) is 23.3 Å². The summed E-state index contributed by atoms with van der Waals surface area (Å²) in [6.07, 6.45) is 1.05. The number of hydrogen-bond donors (Lipinski definition) is 0. The van der Waals surface area contributed by atoms with Crippen LogP contribution >= 0.6 is 0 Å². The van der Waals surface area contributed by atoms with E-state index in [9.17, 15) is 9.59 Å². The second-order valence-electron chi connectivity index (χ2n) is 8.51. The van der Waals surface area contributed by atoms with Crippen molar-refractivity contribution in [3.8, 4) is 5.75 Å². The average Bonchev–Trinajstić information content (AvgIpc) is 3.22. The zero-order chi connectivity index (χ0) is 23.0. The Morgan fingerprint density at radius 3 is 2.30 bits per heavy atom. The molecule has 0 N–H and O–H groups in total. The van der Waals surface area contributed by atoms with Crippen molar-refractivity contribution in [2.24, 2.45) is 5.92 Å². The molecule has 3 aromatic carbocycles. The van der Waals surface area contributed by atoms with E-state index < -0.39 is 0 Å². The van der Waals surface area contributed by atoms with Crippen LogP contribution in [-0.4, -0.2) is 41.8 Å². The molecule has 1 fully saturated rings. The number of amides is 2. The van der Waals surface area contributed by atoms with E-state index >= 15 is 0 Å². The second kappa shape index (κ2) is 10.8. The van der Waals surface area contributed by atoms with Gasteiger partial charge in [-0.2, -0.15) is 0 Å². The van der Waals surface area contributed by atoms with E-state index in [-0.39, 0.29) is 24.2 Å². The monoisotopic (exact) mass is 442 g/mol. The Hall–Kier alpha value is -3.60. The lowest BCUT2D eigenvalue weighted by Crippen LogP contribution is -2.38. The van der Waals surface area contributed by atoms with Crippen LogP contribution in [0.25, 0.3) is 0 Å². The maximum absolute atomic E-state index is 13.5. The largest absolute Gasteiger partial charge is 0.497 e. The molecule has 0 spiro atoms. The van der Waals surface area contributed by atoms with Gasteiger partial charge in [0, 0.05) is 32.6 Å². The summed E-state index contributed by atoms with van der Waals surface area (Å²) in [6.45, 7) is 2.11. The van der Waals surface area contributed by atoms with E-state index in [4.69, 9.17) is 4.74 Å². The predicted octanol–water partition coefficient (Wildman–Crippen LogP) is 4.32. The van der Waals surface area contributed by atoms with Crippen molar-refractivity contribution in [2.45, 2.75) is 25.9 Å². The van der Waals surface area contributed by atoms with Gasteiger partial charge in [0.15, 0.2) is 0 Å². The molecule has 0 aromatic heterocycles.